The standard InChI is InChI=1S/C10H9Br2FO/c1-2-10(14)7-3-6(12)4-9(13)8(7)5-11/h3-4H,2,5H2,1H3. The Morgan fingerprint density at radius 2 is 2.14 bits per heavy atom. The number of halogens is 3. The number of alkyl halides is 1. The van der Waals surface area contributed by atoms with E-state index in [1.54, 1.807) is 13.0 Å². The maximum Gasteiger partial charge on any atom is 0.163 e. The van der Waals surface area contributed by atoms with Crippen molar-refractivity contribution in [3.8, 4) is 0 Å². The molecule has 0 saturated carbocycles. The molecule has 0 unspecified atom stereocenters. The van der Waals surface area contributed by atoms with Crippen molar-refractivity contribution >= 4 is 37.6 Å². The van der Waals surface area contributed by atoms with Crippen LogP contribution in [0.4, 0.5) is 4.39 Å². The SMILES string of the molecule is CCC(=O)c1cc(Br)cc(F)c1CBr. The summed E-state index contributed by atoms with van der Waals surface area (Å²) < 4.78 is 14.0. The first-order valence-electron chi connectivity index (χ1n) is 4.17. The minimum absolute atomic E-state index is 0.0420. The van der Waals surface area contributed by atoms with Crippen LogP contribution in [-0.4, -0.2) is 5.78 Å². The molecule has 0 spiro atoms. The van der Waals surface area contributed by atoms with Gasteiger partial charge in [-0.15, -0.1) is 0 Å². The van der Waals surface area contributed by atoms with Crippen molar-refractivity contribution in [2.75, 3.05) is 0 Å². The van der Waals surface area contributed by atoms with Crippen LogP contribution < -0.4 is 0 Å². The molecule has 14 heavy (non-hydrogen) atoms. The molecule has 0 bridgehead atoms. The summed E-state index contributed by atoms with van der Waals surface area (Å²) in [5, 5.41) is 0.354. The number of carbonyl (C=O) groups excluding carboxylic acids is 1. The summed E-state index contributed by atoms with van der Waals surface area (Å²) in [6.45, 7) is 1.76. The fraction of sp³-hybridized carbons (Fsp3) is 0.300. The molecule has 1 rings (SSSR count). The highest BCUT2D eigenvalue weighted by molar-refractivity contribution is 9.10. The number of benzene rings is 1. The van der Waals surface area contributed by atoms with Gasteiger partial charge in [-0.2, -0.15) is 0 Å². The third-order valence-electron chi connectivity index (χ3n) is 1.92. The summed E-state index contributed by atoms with van der Waals surface area (Å²) in [6.07, 6.45) is 0.385. The predicted octanol–water partition coefficient (Wildman–Crippen LogP) is 4.08. The van der Waals surface area contributed by atoms with E-state index in [-0.39, 0.29) is 11.6 Å². The topological polar surface area (TPSA) is 17.1 Å². The van der Waals surface area contributed by atoms with E-state index in [0.717, 1.165) is 0 Å². The first kappa shape index (κ1) is 11.9. The van der Waals surface area contributed by atoms with Crippen LogP contribution in [0.3, 0.4) is 0 Å². The van der Waals surface area contributed by atoms with Crippen molar-refractivity contribution in [1.82, 2.24) is 0 Å². The van der Waals surface area contributed by atoms with Crippen LogP contribution in [0.5, 0.6) is 0 Å². The van der Waals surface area contributed by atoms with Gasteiger partial charge in [0.05, 0.1) is 0 Å². The van der Waals surface area contributed by atoms with Crippen LogP contribution in [0.25, 0.3) is 0 Å². The van der Waals surface area contributed by atoms with Crippen molar-refractivity contribution in [2.45, 2.75) is 18.7 Å². The highest BCUT2D eigenvalue weighted by Gasteiger charge is 2.14. The zero-order valence-corrected chi connectivity index (χ0v) is 10.8. The van der Waals surface area contributed by atoms with Crippen molar-refractivity contribution < 1.29 is 9.18 Å². The third-order valence-corrected chi connectivity index (χ3v) is 2.93. The van der Waals surface area contributed by atoms with Crippen molar-refractivity contribution in [3.63, 3.8) is 0 Å². The zero-order chi connectivity index (χ0) is 10.7. The number of rotatable bonds is 3. The molecule has 0 aliphatic carbocycles. The van der Waals surface area contributed by atoms with Gasteiger partial charge in [0.25, 0.3) is 0 Å². The number of ketones is 1. The van der Waals surface area contributed by atoms with Gasteiger partial charge in [0, 0.05) is 27.4 Å². The summed E-state index contributed by atoms with van der Waals surface area (Å²) in [6, 6.07) is 3.02. The van der Waals surface area contributed by atoms with Gasteiger partial charge in [0.1, 0.15) is 5.82 Å². The van der Waals surface area contributed by atoms with E-state index >= 15 is 0 Å². The molecule has 1 aromatic rings. The quantitative estimate of drug-likeness (QED) is 0.605. The molecular formula is C10H9Br2FO. The summed E-state index contributed by atoms with van der Waals surface area (Å²) in [5.74, 6) is -0.396. The van der Waals surface area contributed by atoms with E-state index in [1.165, 1.54) is 6.07 Å². The van der Waals surface area contributed by atoms with Crippen LogP contribution in [-0.2, 0) is 5.33 Å². The van der Waals surface area contributed by atoms with E-state index in [1.807, 2.05) is 0 Å². The smallest absolute Gasteiger partial charge is 0.163 e. The Morgan fingerprint density at radius 1 is 1.50 bits per heavy atom. The second-order valence-electron chi connectivity index (χ2n) is 2.82. The van der Waals surface area contributed by atoms with Gasteiger partial charge in [-0.05, 0) is 12.1 Å². The first-order chi connectivity index (χ1) is 6.60. The van der Waals surface area contributed by atoms with Crippen molar-refractivity contribution in [2.24, 2.45) is 0 Å². The molecule has 0 fully saturated rings. The maximum absolute atomic E-state index is 13.4. The number of hydrogen-bond acceptors (Lipinski definition) is 1. The fourth-order valence-electron chi connectivity index (χ4n) is 1.18. The molecule has 0 atom stereocenters. The lowest BCUT2D eigenvalue weighted by atomic mass is 10.0. The normalized spacial score (nSPS) is 10.3. The van der Waals surface area contributed by atoms with Crippen LogP contribution >= 0.6 is 31.9 Å². The lowest BCUT2D eigenvalue weighted by Gasteiger charge is -2.07. The van der Waals surface area contributed by atoms with Crippen LogP contribution in [0.15, 0.2) is 16.6 Å². The van der Waals surface area contributed by atoms with Gasteiger partial charge < -0.3 is 0 Å². The summed E-state index contributed by atoms with van der Waals surface area (Å²) in [7, 11) is 0. The Morgan fingerprint density at radius 3 is 2.64 bits per heavy atom. The average molecular weight is 324 g/mol. The molecule has 0 amide bonds. The van der Waals surface area contributed by atoms with Gasteiger partial charge in [0.2, 0.25) is 0 Å². The molecule has 1 nitrogen and oxygen atoms in total. The molecule has 0 aliphatic rings. The molecule has 0 aromatic heterocycles. The van der Waals surface area contributed by atoms with Crippen molar-refractivity contribution in [1.29, 1.82) is 0 Å². The monoisotopic (exact) mass is 322 g/mol. The van der Waals surface area contributed by atoms with E-state index in [4.69, 9.17) is 0 Å². The molecule has 0 aliphatic heterocycles. The second-order valence-corrected chi connectivity index (χ2v) is 4.30. The first-order valence-corrected chi connectivity index (χ1v) is 6.08. The lowest BCUT2D eigenvalue weighted by molar-refractivity contribution is 0.0987. The van der Waals surface area contributed by atoms with Crippen LogP contribution in [0, 0.1) is 5.82 Å². The van der Waals surface area contributed by atoms with Crippen LogP contribution in [0.1, 0.15) is 29.3 Å². The van der Waals surface area contributed by atoms with Gasteiger partial charge in [-0.3, -0.25) is 4.79 Å². The molecule has 1 aromatic carbocycles. The van der Waals surface area contributed by atoms with Gasteiger partial charge in [0.15, 0.2) is 5.78 Å². The molecule has 76 valence electrons. The van der Waals surface area contributed by atoms with E-state index in [2.05, 4.69) is 31.9 Å². The van der Waals surface area contributed by atoms with Gasteiger partial charge >= 0.3 is 0 Å². The molecule has 0 N–H and O–H groups in total. The molecule has 0 radical (unpaired) electrons. The maximum atomic E-state index is 13.4. The largest absolute Gasteiger partial charge is 0.294 e. The molecule has 4 heteroatoms. The summed E-state index contributed by atoms with van der Waals surface area (Å²) >= 11 is 6.34. The average Bonchev–Trinajstić information content (AvgIpc) is 2.15. The summed E-state index contributed by atoms with van der Waals surface area (Å²) in [5.41, 5.74) is 0.885. The molecular weight excluding hydrogens is 315 g/mol. The molecule has 0 saturated heterocycles. The fourth-order valence-corrected chi connectivity index (χ4v) is 2.18. The predicted molar refractivity (Wildman–Crippen MR) is 61.4 cm³/mol. The Bertz CT molecular complexity index is 363. The van der Waals surface area contributed by atoms with Gasteiger partial charge in [-0.1, -0.05) is 38.8 Å². The Hall–Kier alpha value is -0.220. The number of hydrogen-bond donors (Lipinski definition) is 0. The highest BCUT2D eigenvalue weighted by Crippen LogP contribution is 2.23. The number of carbonyl (C=O) groups is 1. The Kier molecular flexibility index (Phi) is 4.26. The molecule has 0 heterocycles. The third kappa shape index (κ3) is 2.42. The Balaban J connectivity index is 3.32. The lowest BCUT2D eigenvalue weighted by Crippen LogP contribution is -2.03. The highest BCUT2D eigenvalue weighted by atomic mass is 79.9. The zero-order valence-electron chi connectivity index (χ0n) is 7.61. The second kappa shape index (κ2) is 5.03. The van der Waals surface area contributed by atoms with Gasteiger partial charge in [-0.25, -0.2) is 4.39 Å². The van der Waals surface area contributed by atoms with E-state index in [0.29, 0.717) is 27.4 Å². The minimum atomic E-state index is -0.354. The van der Waals surface area contributed by atoms with E-state index < -0.39 is 0 Å². The number of Topliss-reactive ketones (excluding diaryl/α,β-unsaturated/α-hetero) is 1. The van der Waals surface area contributed by atoms with E-state index in [9.17, 15) is 9.18 Å². The van der Waals surface area contributed by atoms with Crippen LogP contribution in [0.2, 0.25) is 0 Å². The Labute approximate surface area is 99.0 Å². The van der Waals surface area contributed by atoms with Crippen molar-refractivity contribution in [3.05, 3.63) is 33.5 Å². The summed E-state index contributed by atoms with van der Waals surface area (Å²) in [4.78, 5) is 11.5. The minimum Gasteiger partial charge on any atom is -0.294 e.